The molecule has 0 radical (unpaired) electrons. The van der Waals surface area contributed by atoms with E-state index in [2.05, 4.69) is 0 Å². The zero-order chi connectivity index (χ0) is 12.3. The van der Waals surface area contributed by atoms with Gasteiger partial charge in [0.15, 0.2) is 0 Å². The number of rotatable bonds is 2. The minimum absolute atomic E-state index is 0.0344. The highest BCUT2D eigenvalue weighted by Crippen LogP contribution is 2.12. The Bertz CT molecular complexity index is 407. The molecule has 1 heterocycles. The molecule has 1 aliphatic rings. The van der Waals surface area contributed by atoms with E-state index in [0.717, 1.165) is 24.6 Å². The summed E-state index contributed by atoms with van der Waals surface area (Å²) < 4.78 is 0. The second kappa shape index (κ2) is 5.57. The third kappa shape index (κ3) is 3.03. The van der Waals surface area contributed by atoms with Gasteiger partial charge in [-0.1, -0.05) is 12.1 Å². The summed E-state index contributed by atoms with van der Waals surface area (Å²) in [4.78, 5) is 13.9. The van der Waals surface area contributed by atoms with Crippen LogP contribution in [0.15, 0.2) is 24.3 Å². The van der Waals surface area contributed by atoms with Gasteiger partial charge in [-0.25, -0.2) is 0 Å². The molecule has 90 valence electrons. The number of amides is 1. The Hall–Kier alpha value is -0.975. The molecule has 17 heavy (non-hydrogen) atoms. The van der Waals surface area contributed by atoms with E-state index in [0.29, 0.717) is 11.0 Å². The lowest BCUT2D eigenvalue weighted by atomic mass is 9.79. The summed E-state index contributed by atoms with van der Waals surface area (Å²) in [5.41, 5.74) is 0.865. The highest BCUT2D eigenvalue weighted by molar-refractivity contribution is 7.99. The first-order chi connectivity index (χ1) is 8.18. The molecule has 2 rings (SSSR count). The number of hydrogen-bond acceptors (Lipinski definition) is 4. The van der Waals surface area contributed by atoms with Crippen molar-refractivity contribution in [3.8, 4) is 0 Å². The maximum atomic E-state index is 12.1. The summed E-state index contributed by atoms with van der Waals surface area (Å²) in [5.74, 6) is 1.90. The minimum Gasteiger partial charge on any atom is -0.423 e. The van der Waals surface area contributed by atoms with E-state index >= 15 is 0 Å². The Balaban J connectivity index is 2.15. The van der Waals surface area contributed by atoms with Crippen molar-refractivity contribution in [3.05, 3.63) is 29.8 Å². The van der Waals surface area contributed by atoms with Crippen molar-refractivity contribution in [1.82, 2.24) is 4.90 Å². The summed E-state index contributed by atoms with van der Waals surface area (Å²) in [6.07, 6.45) is 0. The van der Waals surface area contributed by atoms with E-state index in [4.69, 9.17) is 10.0 Å². The van der Waals surface area contributed by atoms with Gasteiger partial charge in [0.05, 0.1) is 0 Å². The first-order valence-electron chi connectivity index (χ1n) is 5.51. The maximum Gasteiger partial charge on any atom is 0.488 e. The van der Waals surface area contributed by atoms with E-state index < -0.39 is 7.12 Å². The molecule has 0 saturated carbocycles. The predicted molar refractivity (Wildman–Crippen MR) is 69.5 cm³/mol. The number of hydrogen-bond donors (Lipinski definition) is 2. The third-order valence-corrected chi connectivity index (χ3v) is 3.67. The number of carbonyl (C=O) groups excluding carboxylic acids is 1. The molecular formula is C11H14BNO3S. The molecule has 1 aromatic rings. The lowest BCUT2D eigenvalue weighted by Gasteiger charge is -2.26. The molecule has 6 heteroatoms. The van der Waals surface area contributed by atoms with Crippen LogP contribution in [0.25, 0.3) is 0 Å². The van der Waals surface area contributed by atoms with Crippen LogP contribution in [-0.4, -0.2) is 52.6 Å². The molecule has 0 bridgehead atoms. The van der Waals surface area contributed by atoms with Crippen LogP contribution < -0.4 is 5.46 Å². The Morgan fingerprint density at radius 3 is 2.65 bits per heavy atom. The van der Waals surface area contributed by atoms with Crippen LogP contribution in [0.2, 0.25) is 0 Å². The number of carbonyl (C=O) groups is 1. The smallest absolute Gasteiger partial charge is 0.423 e. The second-order valence-corrected chi connectivity index (χ2v) is 5.13. The van der Waals surface area contributed by atoms with Crippen LogP contribution in [0.5, 0.6) is 0 Å². The largest absolute Gasteiger partial charge is 0.488 e. The second-order valence-electron chi connectivity index (χ2n) is 3.90. The van der Waals surface area contributed by atoms with Gasteiger partial charge in [0, 0.05) is 30.2 Å². The van der Waals surface area contributed by atoms with Crippen molar-refractivity contribution in [1.29, 1.82) is 0 Å². The van der Waals surface area contributed by atoms with Crippen LogP contribution in [-0.2, 0) is 0 Å². The standard InChI is InChI=1S/C11H14BNO3S/c14-11(13-4-6-17-7-5-13)9-2-1-3-10(8-9)12(15)16/h1-3,8,15-16H,4-7H2. The fourth-order valence-corrected chi connectivity index (χ4v) is 2.68. The van der Waals surface area contributed by atoms with Crippen molar-refractivity contribution >= 4 is 30.3 Å². The first-order valence-corrected chi connectivity index (χ1v) is 6.67. The number of benzene rings is 1. The highest BCUT2D eigenvalue weighted by Gasteiger charge is 2.20. The van der Waals surface area contributed by atoms with Crippen molar-refractivity contribution < 1.29 is 14.8 Å². The third-order valence-electron chi connectivity index (χ3n) is 2.73. The Labute approximate surface area is 105 Å². The lowest BCUT2D eigenvalue weighted by molar-refractivity contribution is 0.0772. The minimum atomic E-state index is -1.53. The van der Waals surface area contributed by atoms with E-state index in [1.165, 1.54) is 6.07 Å². The Morgan fingerprint density at radius 1 is 1.29 bits per heavy atom. The van der Waals surface area contributed by atoms with Crippen molar-refractivity contribution in [2.75, 3.05) is 24.6 Å². The van der Waals surface area contributed by atoms with Gasteiger partial charge in [0.2, 0.25) is 0 Å². The monoisotopic (exact) mass is 251 g/mol. The predicted octanol–water partition coefficient (Wildman–Crippen LogP) is -0.445. The van der Waals surface area contributed by atoms with Crippen LogP contribution in [0.4, 0.5) is 0 Å². The lowest BCUT2D eigenvalue weighted by Crippen LogP contribution is -2.39. The summed E-state index contributed by atoms with van der Waals surface area (Å²) in [7, 11) is -1.53. The summed E-state index contributed by atoms with van der Waals surface area (Å²) >= 11 is 1.85. The Morgan fingerprint density at radius 2 is 2.00 bits per heavy atom. The average molecular weight is 251 g/mol. The van der Waals surface area contributed by atoms with Gasteiger partial charge < -0.3 is 14.9 Å². The molecule has 1 fully saturated rings. The van der Waals surface area contributed by atoms with Crippen LogP contribution in [0.3, 0.4) is 0 Å². The molecule has 4 nitrogen and oxygen atoms in total. The fraction of sp³-hybridized carbons (Fsp3) is 0.364. The first kappa shape index (κ1) is 12.5. The van der Waals surface area contributed by atoms with Gasteiger partial charge in [-0.2, -0.15) is 11.8 Å². The molecule has 1 aromatic carbocycles. The SMILES string of the molecule is O=C(c1cccc(B(O)O)c1)N1CCSCC1. The maximum absolute atomic E-state index is 12.1. The van der Waals surface area contributed by atoms with Gasteiger partial charge >= 0.3 is 7.12 Å². The van der Waals surface area contributed by atoms with Crippen LogP contribution in [0.1, 0.15) is 10.4 Å². The van der Waals surface area contributed by atoms with Gasteiger partial charge in [0.25, 0.3) is 5.91 Å². The molecule has 2 N–H and O–H groups in total. The van der Waals surface area contributed by atoms with Crippen LogP contribution in [0, 0.1) is 0 Å². The van der Waals surface area contributed by atoms with Crippen molar-refractivity contribution in [2.24, 2.45) is 0 Å². The van der Waals surface area contributed by atoms with Gasteiger partial charge in [-0.05, 0) is 17.6 Å². The molecule has 1 amide bonds. The fourth-order valence-electron chi connectivity index (χ4n) is 1.78. The van der Waals surface area contributed by atoms with E-state index in [9.17, 15) is 4.79 Å². The van der Waals surface area contributed by atoms with E-state index in [1.807, 2.05) is 11.8 Å². The summed E-state index contributed by atoms with van der Waals surface area (Å²) in [5, 5.41) is 18.1. The molecule has 0 unspecified atom stereocenters. The van der Waals surface area contributed by atoms with Gasteiger partial charge in [-0.3, -0.25) is 4.79 Å². The molecule has 0 aliphatic carbocycles. The topological polar surface area (TPSA) is 60.8 Å². The highest BCUT2D eigenvalue weighted by atomic mass is 32.2. The number of nitrogens with zero attached hydrogens (tertiary/aromatic N) is 1. The van der Waals surface area contributed by atoms with Gasteiger partial charge in [-0.15, -0.1) is 0 Å². The molecule has 0 aromatic heterocycles. The van der Waals surface area contributed by atoms with Gasteiger partial charge in [0.1, 0.15) is 0 Å². The average Bonchev–Trinajstić information content (AvgIpc) is 2.39. The molecular weight excluding hydrogens is 237 g/mol. The molecule has 0 atom stereocenters. The van der Waals surface area contributed by atoms with Crippen molar-refractivity contribution in [2.45, 2.75) is 0 Å². The zero-order valence-electron chi connectivity index (χ0n) is 9.37. The van der Waals surface area contributed by atoms with Crippen molar-refractivity contribution in [3.63, 3.8) is 0 Å². The van der Waals surface area contributed by atoms with Crippen LogP contribution >= 0.6 is 11.8 Å². The van der Waals surface area contributed by atoms with E-state index in [-0.39, 0.29) is 5.91 Å². The molecule has 0 spiro atoms. The molecule has 1 aliphatic heterocycles. The van der Waals surface area contributed by atoms with E-state index in [1.54, 1.807) is 23.1 Å². The zero-order valence-corrected chi connectivity index (χ0v) is 10.2. The quantitative estimate of drug-likeness (QED) is 0.699. The summed E-state index contributed by atoms with van der Waals surface area (Å²) in [6.45, 7) is 1.52. The molecule has 1 saturated heterocycles. The summed E-state index contributed by atoms with van der Waals surface area (Å²) in [6, 6.07) is 6.50. The normalized spacial score (nSPS) is 15.8. The number of thioether (sulfide) groups is 1. The Kier molecular flexibility index (Phi) is 4.09.